The van der Waals surface area contributed by atoms with Crippen molar-refractivity contribution in [2.75, 3.05) is 6.54 Å². The second-order valence-corrected chi connectivity index (χ2v) is 6.07. The molecule has 0 radical (unpaired) electrons. The summed E-state index contributed by atoms with van der Waals surface area (Å²) in [5.74, 6) is 1.79. The summed E-state index contributed by atoms with van der Waals surface area (Å²) in [5.41, 5.74) is 0. The molecule has 0 aliphatic heterocycles. The predicted octanol–water partition coefficient (Wildman–Crippen LogP) is 3.10. The Labute approximate surface area is 102 Å². The molecule has 3 atom stereocenters. The normalized spacial score (nSPS) is 30.5. The summed E-state index contributed by atoms with van der Waals surface area (Å²) in [6, 6.07) is 0.742. The van der Waals surface area contributed by atoms with Crippen molar-refractivity contribution in [3.63, 3.8) is 0 Å². The zero-order valence-electron chi connectivity index (χ0n) is 10.3. The first-order valence-corrected chi connectivity index (χ1v) is 7.25. The molecule has 0 spiro atoms. The van der Waals surface area contributed by atoms with E-state index in [0.717, 1.165) is 30.8 Å². The zero-order valence-corrected chi connectivity index (χ0v) is 11.1. The van der Waals surface area contributed by atoms with E-state index in [2.05, 4.69) is 29.5 Å². The average molecular weight is 238 g/mol. The first-order chi connectivity index (χ1) is 7.75. The van der Waals surface area contributed by atoms with Crippen molar-refractivity contribution in [3.8, 4) is 0 Å². The molecular weight excluding hydrogens is 216 g/mol. The van der Waals surface area contributed by atoms with Gasteiger partial charge in [0.1, 0.15) is 0 Å². The van der Waals surface area contributed by atoms with Crippen molar-refractivity contribution in [2.24, 2.45) is 11.8 Å². The third-order valence-corrected chi connectivity index (χ3v) is 4.69. The largest absolute Gasteiger partial charge is 0.314 e. The number of rotatable bonds is 4. The molecule has 16 heavy (non-hydrogen) atoms. The fourth-order valence-electron chi connectivity index (χ4n) is 2.49. The zero-order chi connectivity index (χ0) is 11.4. The molecule has 0 bridgehead atoms. The molecule has 1 aliphatic rings. The summed E-state index contributed by atoms with van der Waals surface area (Å²) in [6.45, 7) is 5.86. The van der Waals surface area contributed by atoms with Gasteiger partial charge in [0.05, 0.1) is 5.01 Å². The van der Waals surface area contributed by atoms with Gasteiger partial charge < -0.3 is 5.32 Å². The third kappa shape index (κ3) is 3.29. The van der Waals surface area contributed by atoms with Crippen LogP contribution in [0.15, 0.2) is 11.6 Å². The van der Waals surface area contributed by atoms with Crippen molar-refractivity contribution < 1.29 is 0 Å². The van der Waals surface area contributed by atoms with Gasteiger partial charge in [0.15, 0.2) is 0 Å². The second-order valence-electron chi connectivity index (χ2n) is 5.09. The molecule has 0 saturated heterocycles. The molecule has 2 nitrogen and oxygen atoms in total. The first-order valence-electron chi connectivity index (χ1n) is 6.37. The van der Waals surface area contributed by atoms with Gasteiger partial charge in [0.2, 0.25) is 0 Å². The number of nitrogens with one attached hydrogen (secondary N) is 1. The van der Waals surface area contributed by atoms with Crippen LogP contribution in [0, 0.1) is 11.8 Å². The van der Waals surface area contributed by atoms with Crippen LogP contribution in [0.5, 0.6) is 0 Å². The summed E-state index contributed by atoms with van der Waals surface area (Å²) in [7, 11) is 0. The molecule has 1 aromatic heterocycles. The lowest BCUT2D eigenvalue weighted by molar-refractivity contribution is 0.227. The van der Waals surface area contributed by atoms with Crippen LogP contribution in [0.4, 0.5) is 0 Å². The van der Waals surface area contributed by atoms with E-state index in [1.807, 2.05) is 6.20 Å². The van der Waals surface area contributed by atoms with E-state index in [-0.39, 0.29) is 0 Å². The fourth-order valence-corrected chi connectivity index (χ4v) is 3.11. The monoisotopic (exact) mass is 238 g/mol. The van der Waals surface area contributed by atoms with E-state index in [1.54, 1.807) is 11.3 Å². The summed E-state index contributed by atoms with van der Waals surface area (Å²) in [4.78, 5) is 4.30. The van der Waals surface area contributed by atoms with Crippen LogP contribution < -0.4 is 5.32 Å². The topological polar surface area (TPSA) is 24.9 Å². The van der Waals surface area contributed by atoms with Gasteiger partial charge in [-0.1, -0.05) is 13.8 Å². The lowest BCUT2D eigenvalue weighted by Crippen LogP contribution is -2.37. The second kappa shape index (κ2) is 5.78. The van der Waals surface area contributed by atoms with E-state index in [4.69, 9.17) is 0 Å². The Morgan fingerprint density at radius 1 is 1.38 bits per heavy atom. The minimum Gasteiger partial charge on any atom is -0.314 e. The van der Waals surface area contributed by atoms with E-state index >= 15 is 0 Å². The highest BCUT2D eigenvalue weighted by Crippen LogP contribution is 2.29. The van der Waals surface area contributed by atoms with Crippen molar-refractivity contribution >= 4 is 11.3 Å². The van der Waals surface area contributed by atoms with Crippen molar-refractivity contribution in [2.45, 2.75) is 45.6 Å². The summed E-state index contributed by atoms with van der Waals surface area (Å²) in [5, 5.41) is 6.99. The Kier molecular flexibility index (Phi) is 4.36. The minimum absolute atomic E-state index is 0.742. The van der Waals surface area contributed by atoms with Crippen LogP contribution >= 0.6 is 11.3 Å². The highest BCUT2D eigenvalue weighted by atomic mass is 32.1. The van der Waals surface area contributed by atoms with Gasteiger partial charge in [-0.3, -0.25) is 0 Å². The summed E-state index contributed by atoms with van der Waals surface area (Å²) in [6.07, 6.45) is 7.06. The van der Waals surface area contributed by atoms with Crippen molar-refractivity contribution in [1.29, 1.82) is 0 Å². The lowest BCUT2D eigenvalue weighted by Gasteiger charge is -2.32. The predicted molar refractivity (Wildman–Crippen MR) is 69.8 cm³/mol. The lowest BCUT2D eigenvalue weighted by atomic mass is 9.79. The van der Waals surface area contributed by atoms with Gasteiger partial charge in [-0.15, -0.1) is 11.3 Å². The molecule has 1 fully saturated rings. The minimum atomic E-state index is 0.742. The van der Waals surface area contributed by atoms with Gasteiger partial charge in [-0.25, -0.2) is 4.98 Å². The number of thiazole rings is 1. The Balaban J connectivity index is 1.67. The Hall–Kier alpha value is -0.410. The number of hydrogen-bond donors (Lipinski definition) is 1. The third-order valence-electron chi connectivity index (χ3n) is 3.85. The molecule has 1 aliphatic carbocycles. The Morgan fingerprint density at radius 3 is 2.94 bits per heavy atom. The maximum Gasteiger partial charge on any atom is 0.0937 e. The molecule has 2 rings (SSSR count). The Morgan fingerprint density at radius 2 is 2.25 bits per heavy atom. The Bertz CT molecular complexity index is 297. The van der Waals surface area contributed by atoms with Crippen molar-refractivity contribution in [1.82, 2.24) is 10.3 Å². The molecular formula is C13H22N2S. The van der Waals surface area contributed by atoms with Crippen LogP contribution in [-0.2, 0) is 6.42 Å². The van der Waals surface area contributed by atoms with Gasteiger partial charge >= 0.3 is 0 Å². The van der Waals surface area contributed by atoms with Gasteiger partial charge in [-0.05, 0) is 31.1 Å². The molecule has 0 aromatic carbocycles. The number of hydrogen-bond acceptors (Lipinski definition) is 3. The highest BCUT2D eigenvalue weighted by molar-refractivity contribution is 7.09. The highest BCUT2D eigenvalue weighted by Gasteiger charge is 2.23. The number of aromatic nitrogens is 1. The molecule has 1 heterocycles. The smallest absolute Gasteiger partial charge is 0.0937 e. The van der Waals surface area contributed by atoms with Gasteiger partial charge in [0.25, 0.3) is 0 Å². The standard InChI is InChI=1S/C13H22N2S/c1-10-3-4-12(9-11(10)2)14-6-5-13-15-7-8-16-13/h7-8,10-12,14H,3-6,9H2,1-2H3. The molecule has 90 valence electrons. The SMILES string of the molecule is CC1CCC(NCCc2nccs2)CC1C. The van der Waals surface area contributed by atoms with Crippen molar-refractivity contribution in [3.05, 3.63) is 16.6 Å². The average Bonchev–Trinajstić information content (AvgIpc) is 2.76. The van der Waals surface area contributed by atoms with E-state index in [0.29, 0.717) is 0 Å². The molecule has 1 saturated carbocycles. The maximum absolute atomic E-state index is 4.30. The molecule has 1 N–H and O–H groups in total. The summed E-state index contributed by atoms with van der Waals surface area (Å²) >= 11 is 1.76. The molecule has 3 heteroatoms. The van der Waals surface area contributed by atoms with E-state index in [9.17, 15) is 0 Å². The first kappa shape index (κ1) is 12.1. The van der Waals surface area contributed by atoms with Gasteiger partial charge in [-0.2, -0.15) is 0 Å². The van der Waals surface area contributed by atoms with Crippen LogP contribution in [-0.4, -0.2) is 17.6 Å². The van der Waals surface area contributed by atoms with E-state index < -0.39 is 0 Å². The van der Waals surface area contributed by atoms with Crippen LogP contribution in [0.3, 0.4) is 0 Å². The summed E-state index contributed by atoms with van der Waals surface area (Å²) < 4.78 is 0. The molecule has 0 amide bonds. The van der Waals surface area contributed by atoms with Gasteiger partial charge in [0, 0.05) is 30.6 Å². The van der Waals surface area contributed by atoms with E-state index in [1.165, 1.54) is 24.3 Å². The fraction of sp³-hybridized carbons (Fsp3) is 0.769. The van der Waals surface area contributed by atoms with Crippen LogP contribution in [0.2, 0.25) is 0 Å². The molecule has 3 unspecified atom stereocenters. The maximum atomic E-state index is 4.30. The number of nitrogens with zero attached hydrogens (tertiary/aromatic N) is 1. The quantitative estimate of drug-likeness (QED) is 0.872. The van der Waals surface area contributed by atoms with Crippen LogP contribution in [0.25, 0.3) is 0 Å². The van der Waals surface area contributed by atoms with Crippen LogP contribution in [0.1, 0.15) is 38.1 Å². The molecule has 1 aromatic rings.